The molecular weight excluding hydrogens is 342 g/mol. The topological polar surface area (TPSA) is 108 Å². The minimum atomic E-state index is -3.47. The van der Waals surface area contributed by atoms with Crippen LogP contribution in [0.4, 0.5) is 5.69 Å². The fourth-order valence-electron chi connectivity index (χ4n) is 2.38. The summed E-state index contributed by atoms with van der Waals surface area (Å²) in [6.07, 6.45) is 0.557. The molecule has 4 N–H and O–H groups in total. The molecule has 130 valence electrons. The minimum absolute atomic E-state index is 0. The highest BCUT2D eigenvalue weighted by Gasteiger charge is 2.25. The smallest absolute Gasteiger partial charge is 0.253 e. The largest absolute Gasteiger partial charge is 0.391 e. The van der Waals surface area contributed by atoms with Gasteiger partial charge in [0.05, 0.1) is 23.6 Å². The Morgan fingerprint density at radius 3 is 2.65 bits per heavy atom. The van der Waals surface area contributed by atoms with Gasteiger partial charge in [0.1, 0.15) is 0 Å². The molecule has 0 radical (unpaired) electrons. The molecule has 9 heteroatoms. The first-order chi connectivity index (χ1) is 10.3. The lowest BCUT2D eigenvalue weighted by molar-refractivity contribution is 0.0928. The molecule has 0 aromatic heterocycles. The summed E-state index contributed by atoms with van der Waals surface area (Å²) in [5, 5.41) is 15.5. The summed E-state index contributed by atoms with van der Waals surface area (Å²) < 4.78 is 25.1. The Morgan fingerprint density at radius 1 is 1.39 bits per heavy atom. The highest BCUT2D eigenvalue weighted by Crippen LogP contribution is 2.19. The fraction of sp³-hybridized carbons (Fsp3) is 0.500. The van der Waals surface area contributed by atoms with Crippen molar-refractivity contribution in [3.05, 3.63) is 29.3 Å². The standard InChI is InChI=1S/C14H21N3O4S.ClH/c1-9-3-4-12(17-22(2,20)21)11(5-9)14(19)16-7-10-6-15-8-13(10)18;/h3-5,10,13,15,17-18H,6-8H2,1-2H3,(H,16,19);1H. The highest BCUT2D eigenvalue weighted by molar-refractivity contribution is 7.92. The Kier molecular flexibility index (Phi) is 6.82. The second-order valence-corrected chi connectivity index (χ2v) is 7.37. The number of aliphatic hydroxyl groups is 1. The van der Waals surface area contributed by atoms with Gasteiger partial charge in [-0.25, -0.2) is 8.42 Å². The second kappa shape index (κ2) is 7.96. The number of carbonyl (C=O) groups is 1. The summed E-state index contributed by atoms with van der Waals surface area (Å²) in [4.78, 5) is 12.3. The number of sulfonamides is 1. The molecule has 2 atom stereocenters. The number of carbonyl (C=O) groups excluding carboxylic acids is 1. The molecule has 0 bridgehead atoms. The zero-order valence-corrected chi connectivity index (χ0v) is 14.6. The van der Waals surface area contributed by atoms with E-state index in [1.54, 1.807) is 18.2 Å². The summed E-state index contributed by atoms with van der Waals surface area (Å²) in [7, 11) is -3.47. The average molecular weight is 364 g/mol. The van der Waals surface area contributed by atoms with Crippen LogP contribution in [0.15, 0.2) is 18.2 Å². The van der Waals surface area contributed by atoms with Crippen molar-refractivity contribution < 1.29 is 18.3 Å². The first-order valence-electron chi connectivity index (χ1n) is 7.01. The van der Waals surface area contributed by atoms with Gasteiger partial charge in [-0.1, -0.05) is 11.6 Å². The first kappa shape index (κ1) is 19.7. The van der Waals surface area contributed by atoms with E-state index in [1.165, 1.54) is 0 Å². The van der Waals surface area contributed by atoms with Crippen molar-refractivity contribution in [2.24, 2.45) is 5.92 Å². The quantitative estimate of drug-likeness (QED) is 0.593. The summed E-state index contributed by atoms with van der Waals surface area (Å²) in [6.45, 7) is 3.32. The van der Waals surface area contributed by atoms with Crippen LogP contribution in [-0.2, 0) is 10.0 Å². The molecule has 0 saturated carbocycles. The summed E-state index contributed by atoms with van der Waals surface area (Å²) in [5.41, 5.74) is 1.37. The number of nitrogens with one attached hydrogen (secondary N) is 3. The molecule has 1 saturated heterocycles. The third-order valence-corrected chi connectivity index (χ3v) is 4.13. The van der Waals surface area contributed by atoms with Crippen molar-refractivity contribution in [3.8, 4) is 0 Å². The van der Waals surface area contributed by atoms with Gasteiger partial charge in [-0.2, -0.15) is 0 Å². The van der Waals surface area contributed by atoms with Gasteiger partial charge in [-0.05, 0) is 19.1 Å². The van der Waals surface area contributed by atoms with E-state index in [4.69, 9.17) is 0 Å². The number of rotatable bonds is 5. The van der Waals surface area contributed by atoms with Crippen molar-refractivity contribution in [2.45, 2.75) is 13.0 Å². The van der Waals surface area contributed by atoms with E-state index in [9.17, 15) is 18.3 Å². The lowest BCUT2D eigenvalue weighted by Crippen LogP contribution is -2.34. The van der Waals surface area contributed by atoms with Gasteiger partial charge in [0.25, 0.3) is 5.91 Å². The summed E-state index contributed by atoms with van der Waals surface area (Å²) >= 11 is 0. The monoisotopic (exact) mass is 363 g/mol. The maximum Gasteiger partial charge on any atom is 0.253 e. The number of β-amino-alcohol motifs (C(OH)–C–C–N with tert-alkyl or cyclic N) is 1. The van der Waals surface area contributed by atoms with Crippen molar-refractivity contribution >= 4 is 34.0 Å². The van der Waals surface area contributed by atoms with Gasteiger partial charge < -0.3 is 15.7 Å². The normalized spacial score (nSPS) is 20.7. The molecule has 0 aliphatic carbocycles. The SMILES string of the molecule is Cc1ccc(NS(C)(=O)=O)c(C(=O)NCC2CNCC2O)c1.Cl. The number of aryl methyl sites for hydroxylation is 1. The van der Waals surface area contributed by atoms with E-state index in [1.807, 2.05) is 6.92 Å². The molecule has 1 fully saturated rings. The second-order valence-electron chi connectivity index (χ2n) is 5.62. The summed E-state index contributed by atoms with van der Waals surface area (Å²) in [5.74, 6) is -0.408. The fourth-order valence-corrected chi connectivity index (χ4v) is 2.96. The molecule has 1 amide bonds. The van der Waals surface area contributed by atoms with Crippen LogP contribution >= 0.6 is 12.4 Å². The minimum Gasteiger partial charge on any atom is -0.391 e. The molecule has 2 rings (SSSR count). The Balaban J connectivity index is 0.00000264. The van der Waals surface area contributed by atoms with Crippen LogP contribution in [0.3, 0.4) is 0 Å². The van der Waals surface area contributed by atoms with E-state index >= 15 is 0 Å². The maximum atomic E-state index is 12.3. The number of anilines is 1. The lowest BCUT2D eigenvalue weighted by atomic mass is 10.1. The zero-order chi connectivity index (χ0) is 16.3. The molecule has 2 unspecified atom stereocenters. The van der Waals surface area contributed by atoms with E-state index in [-0.39, 0.29) is 35.5 Å². The number of amides is 1. The van der Waals surface area contributed by atoms with Gasteiger partial charge in [0, 0.05) is 25.6 Å². The number of halogens is 1. The third-order valence-electron chi connectivity index (χ3n) is 3.54. The van der Waals surface area contributed by atoms with Crippen molar-refractivity contribution in [1.29, 1.82) is 0 Å². The van der Waals surface area contributed by atoms with Crippen LogP contribution in [0.25, 0.3) is 0 Å². The molecule has 1 aromatic rings. The molecule has 23 heavy (non-hydrogen) atoms. The van der Waals surface area contributed by atoms with Crippen LogP contribution in [-0.4, -0.2) is 51.4 Å². The van der Waals surface area contributed by atoms with Crippen molar-refractivity contribution in [3.63, 3.8) is 0 Å². The predicted octanol–water partition coefficient (Wildman–Crippen LogP) is 0.0984. The van der Waals surface area contributed by atoms with Crippen LogP contribution in [0.5, 0.6) is 0 Å². The van der Waals surface area contributed by atoms with Gasteiger partial charge in [0.15, 0.2) is 0 Å². The molecule has 1 aliphatic rings. The van der Waals surface area contributed by atoms with Gasteiger partial charge >= 0.3 is 0 Å². The first-order valence-corrected chi connectivity index (χ1v) is 8.91. The number of benzene rings is 1. The Labute approximate surface area is 142 Å². The van der Waals surface area contributed by atoms with E-state index in [2.05, 4.69) is 15.4 Å². The molecule has 0 spiro atoms. The Bertz CT molecular complexity index is 666. The zero-order valence-electron chi connectivity index (χ0n) is 13.0. The molecular formula is C14H22ClN3O4S. The Morgan fingerprint density at radius 2 is 2.09 bits per heavy atom. The average Bonchev–Trinajstić information content (AvgIpc) is 2.82. The summed E-state index contributed by atoms with van der Waals surface area (Å²) in [6, 6.07) is 4.93. The van der Waals surface area contributed by atoms with Crippen molar-refractivity contribution in [2.75, 3.05) is 30.6 Å². The lowest BCUT2D eigenvalue weighted by Gasteiger charge is -2.16. The predicted molar refractivity (Wildman–Crippen MR) is 91.6 cm³/mol. The molecule has 1 heterocycles. The van der Waals surface area contributed by atoms with Crippen molar-refractivity contribution in [1.82, 2.24) is 10.6 Å². The van der Waals surface area contributed by atoms with E-state index in [0.717, 1.165) is 11.8 Å². The van der Waals surface area contributed by atoms with Crippen LogP contribution in [0.2, 0.25) is 0 Å². The van der Waals surface area contributed by atoms with Gasteiger partial charge in [-0.3, -0.25) is 9.52 Å². The maximum absolute atomic E-state index is 12.3. The Hall–Kier alpha value is -1.35. The molecule has 1 aliphatic heterocycles. The van der Waals surface area contributed by atoms with Crippen LogP contribution < -0.4 is 15.4 Å². The number of aliphatic hydroxyl groups excluding tert-OH is 1. The van der Waals surface area contributed by atoms with E-state index in [0.29, 0.717) is 19.6 Å². The van der Waals surface area contributed by atoms with Gasteiger partial charge in [-0.15, -0.1) is 12.4 Å². The van der Waals surface area contributed by atoms with Crippen LogP contribution in [0, 0.1) is 12.8 Å². The third kappa shape index (κ3) is 5.65. The number of hydrogen-bond acceptors (Lipinski definition) is 5. The molecule has 1 aromatic carbocycles. The van der Waals surface area contributed by atoms with Crippen LogP contribution in [0.1, 0.15) is 15.9 Å². The van der Waals surface area contributed by atoms with Gasteiger partial charge in [0.2, 0.25) is 10.0 Å². The van der Waals surface area contributed by atoms with E-state index < -0.39 is 16.1 Å². The number of hydrogen-bond donors (Lipinski definition) is 4. The highest BCUT2D eigenvalue weighted by atomic mass is 35.5. The molecule has 7 nitrogen and oxygen atoms in total.